The molecule has 0 aliphatic heterocycles. The first-order valence-corrected chi connectivity index (χ1v) is 7.23. The molecular weight excluding hydrogens is 340 g/mol. The molecule has 0 spiro atoms. The van der Waals surface area contributed by atoms with Crippen molar-refractivity contribution in [1.82, 2.24) is 0 Å². The number of hydrogen-bond donors (Lipinski definition) is 2. The molecule has 0 aliphatic carbocycles. The third-order valence-electron chi connectivity index (χ3n) is 2.77. The fourth-order valence-corrected chi connectivity index (χ4v) is 2.52. The first-order chi connectivity index (χ1) is 9.45. The Morgan fingerprint density at radius 1 is 1.10 bits per heavy atom. The van der Waals surface area contributed by atoms with Gasteiger partial charge in [0.2, 0.25) is 0 Å². The number of anilines is 2. The minimum atomic E-state index is -0.318. The van der Waals surface area contributed by atoms with E-state index in [1.54, 1.807) is 0 Å². The monoisotopic (exact) mass is 352 g/mol. The van der Waals surface area contributed by atoms with Gasteiger partial charge in [0.15, 0.2) is 0 Å². The van der Waals surface area contributed by atoms with Gasteiger partial charge in [-0.1, -0.05) is 33.6 Å². The summed E-state index contributed by atoms with van der Waals surface area (Å²) in [4.78, 5) is 12.0. The van der Waals surface area contributed by atoms with Gasteiger partial charge < -0.3 is 10.6 Å². The van der Waals surface area contributed by atoms with Crippen LogP contribution in [0.3, 0.4) is 0 Å². The Morgan fingerprint density at radius 3 is 2.35 bits per heavy atom. The van der Waals surface area contributed by atoms with Crippen LogP contribution in [0.5, 0.6) is 0 Å². The Balaban J connectivity index is 2.10. The van der Waals surface area contributed by atoms with E-state index in [4.69, 9.17) is 11.6 Å². The van der Waals surface area contributed by atoms with Crippen molar-refractivity contribution in [3.05, 3.63) is 57.0 Å². The maximum atomic E-state index is 12.0. The number of carbonyl (C=O) groups excluding carboxylic acids is 1. The predicted molar refractivity (Wildman–Crippen MR) is 87.7 cm³/mol. The molecule has 3 nitrogen and oxygen atoms in total. The zero-order valence-corrected chi connectivity index (χ0v) is 13.5. The van der Waals surface area contributed by atoms with Gasteiger partial charge in [0.25, 0.3) is 0 Å². The Hall–Kier alpha value is -1.52. The summed E-state index contributed by atoms with van der Waals surface area (Å²) in [5.41, 5.74) is 3.34. The highest BCUT2D eigenvalue weighted by Gasteiger charge is 2.09. The fourth-order valence-electron chi connectivity index (χ4n) is 1.88. The predicted octanol–water partition coefficient (Wildman–Crippen LogP) is 5.36. The lowest BCUT2D eigenvalue weighted by Crippen LogP contribution is -2.20. The maximum Gasteiger partial charge on any atom is 0.323 e. The molecular formula is C15H14BrClN2O. The van der Waals surface area contributed by atoms with Crippen LogP contribution in [0.4, 0.5) is 16.2 Å². The SMILES string of the molecule is Cc1cc(C)c(NC(=O)Nc2ccc(Br)cc2)c(Cl)c1. The van der Waals surface area contributed by atoms with E-state index in [2.05, 4.69) is 26.6 Å². The molecule has 2 rings (SSSR count). The summed E-state index contributed by atoms with van der Waals surface area (Å²) < 4.78 is 0.959. The fraction of sp³-hybridized carbons (Fsp3) is 0.133. The van der Waals surface area contributed by atoms with E-state index in [9.17, 15) is 4.79 Å². The number of carbonyl (C=O) groups is 1. The minimum absolute atomic E-state index is 0.318. The van der Waals surface area contributed by atoms with Gasteiger partial charge in [-0.3, -0.25) is 0 Å². The molecule has 20 heavy (non-hydrogen) atoms. The Labute approximate surface area is 131 Å². The molecule has 2 aromatic carbocycles. The summed E-state index contributed by atoms with van der Waals surface area (Å²) in [6.45, 7) is 3.87. The molecule has 0 radical (unpaired) electrons. The van der Waals surface area contributed by atoms with E-state index in [-0.39, 0.29) is 6.03 Å². The number of halogens is 2. The van der Waals surface area contributed by atoms with Crippen molar-refractivity contribution in [2.24, 2.45) is 0 Å². The van der Waals surface area contributed by atoms with Gasteiger partial charge in [0, 0.05) is 10.2 Å². The van der Waals surface area contributed by atoms with Crippen molar-refractivity contribution in [3.8, 4) is 0 Å². The van der Waals surface area contributed by atoms with Crippen LogP contribution in [0.1, 0.15) is 11.1 Å². The third kappa shape index (κ3) is 3.74. The molecule has 2 amide bonds. The van der Waals surface area contributed by atoms with Gasteiger partial charge in [-0.15, -0.1) is 0 Å². The van der Waals surface area contributed by atoms with Crippen LogP contribution in [-0.2, 0) is 0 Å². The topological polar surface area (TPSA) is 41.1 Å². The standard InChI is InChI=1S/C15H14BrClN2O/c1-9-7-10(2)14(13(17)8-9)19-15(20)18-12-5-3-11(16)4-6-12/h3-8H,1-2H3,(H2,18,19,20). The molecule has 0 saturated carbocycles. The van der Waals surface area contributed by atoms with E-state index in [1.807, 2.05) is 50.2 Å². The van der Waals surface area contributed by atoms with E-state index in [0.29, 0.717) is 16.4 Å². The molecule has 0 saturated heterocycles. The highest BCUT2D eigenvalue weighted by molar-refractivity contribution is 9.10. The van der Waals surface area contributed by atoms with Crippen LogP contribution in [0.2, 0.25) is 5.02 Å². The Morgan fingerprint density at radius 2 is 1.75 bits per heavy atom. The highest BCUT2D eigenvalue weighted by atomic mass is 79.9. The second kappa shape index (κ2) is 6.29. The largest absolute Gasteiger partial charge is 0.323 e. The molecule has 5 heteroatoms. The van der Waals surface area contributed by atoms with Gasteiger partial charge >= 0.3 is 6.03 Å². The lowest BCUT2D eigenvalue weighted by atomic mass is 10.1. The maximum absolute atomic E-state index is 12.0. The smallest absolute Gasteiger partial charge is 0.308 e. The van der Waals surface area contributed by atoms with Crippen molar-refractivity contribution in [1.29, 1.82) is 0 Å². The lowest BCUT2D eigenvalue weighted by molar-refractivity contribution is 0.262. The Bertz CT molecular complexity index is 618. The second-order valence-electron chi connectivity index (χ2n) is 4.52. The highest BCUT2D eigenvalue weighted by Crippen LogP contribution is 2.27. The number of rotatable bonds is 2. The first kappa shape index (κ1) is 14.9. The van der Waals surface area contributed by atoms with Gasteiger partial charge in [-0.05, 0) is 55.3 Å². The van der Waals surface area contributed by atoms with Crippen LogP contribution in [0.25, 0.3) is 0 Å². The molecule has 2 N–H and O–H groups in total. The lowest BCUT2D eigenvalue weighted by Gasteiger charge is -2.12. The molecule has 0 aliphatic rings. The van der Waals surface area contributed by atoms with E-state index in [1.165, 1.54) is 0 Å². The molecule has 0 atom stereocenters. The summed E-state index contributed by atoms with van der Waals surface area (Å²) in [6, 6.07) is 10.8. The number of benzene rings is 2. The van der Waals surface area contributed by atoms with Crippen molar-refractivity contribution >= 4 is 44.9 Å². The summed E-state index contributed by atoms with van der Waals surface area (Å²) in [5.74, 6) is 0. The van der Waals surface area contributed by atoms with E-state index >= 15 is 0 Å². The molecule has 0 heterocycles. The van der Waals surface area contributed by atoms with Crippen molar-refractivity contribution in [3.63, 3.8) is 0 Å². The third-order valence-corrected chi connectivity index (χ3v) is 3.60. The van der Waals surface area contributed by atoms with Crippen molar-refractivity contribution in [2.45, 2.75) is 13.8 Å². The van der Waals surface area contributed by atoms with Gasteiger partial charge in [-0.2, -0.15) is 0 Å². The van der Waals surface area contributed by atoms with E-state index in [0.717, 1.165) is 15.6 Å². The second-order valence-corrected chi connectivity index (χ2v) is 5.85. The quantitative estimate of drug-likeness (QED) is 0.749. The summed E-state index contributed by atoms with van der Waals surface area (Å²) in [5, 5.41) is 6.07. The number of urea groups is 1. The first-order valence-electron chi connectivity index (χ1n) is 6.06. The average Bonchev–Trinajstić information content (AvgIpc) is 2.36. The van der Waals surface area contributed by atoms with Crippen molar-refractivity contribution < 1.29 is 4.79 Å². The zero-order chi connectivity index (χ0) is 14.7. The number of nitrogens with one attached hydrogen (secondary N) is 2. The summed E-state index contributed by atoms with van der Waals surface area (Å²) in [6.07, 6.45) is 0. The van der Waals surface area contributed by atoms with Crippen LogP contribution in [0, 0.1) is 13.8 Å². The van der Waals surface area contributed by atoms with Gasteiger partial charge in [-0.25, -0.2) is 4.79 Å². The molecule has 0 unspecified atom stereocenters. The number of hydrogen-bond acceptors (Lipinski definition) is 1. The molecule has 2 aromatic rings. The molecule has 0 fully saturated rings. The average molecular weight is 354 g/mol. The minimum Gasteiger partial charge on any atom is -0.308 e. The van der Waals surface area contributed by atoms with Gasteiger partial charge in [0.05, 0.1) is 10.7 Å². The Kier molecular flexibility index (Phi) is 4.68. The normalized spacial score (nSPS) is 10.2. The van der Waals surface area contributed by atoms with E-state index < -0.39 is 0 Å². The molecule has 0 bridgehead atoms. The van der Waals surface area contributed by atoms with Crippen LogP contribution in [-0.4, -0.2) is 6.03 Å². The van der Waals surface area contributed by atoms with Crippen LogP contribution < -0.4 is 10.6 Å². The molecule has 104 valence electrons. The summed E-state index contributed by atoms with van der Waals surface area (Å²) >= 11 is 9.50. The van der Waals surface area contributed by atoms with Crippen LogP contribution in [0.15, 0.2) is 40.9 Å². The summed E-state index contributed by atoms with van der Waals surface area (Å²) in [7, 11) is 0. The van der Waals surface area contributed by atoms with Gasteiger partial charge in [0.1, 0.15) is 0 Å². The van der Waals surface area contributed by atoms with Crippen LogP contribution >= 0.6 is 27.5 Å². The van der Waals surface area contributed by atoms with Crippen molar-refractivity contribution in [2.75, 3.05) is 10.6 Å². The molecule has 0 aromatic heterocycles. The number of amides is 2. The number of aryl methyl sites for hydroxylation is 2. The zero-order valence-electron chi connectivity index (χ0n) is 11.1.